The van der Waals surface area contributed by atoms with E-state index in [9.17, 15) is 9.59 Å². The first kappa shape index (κ1) is 23.4. The van der Waals surface area contributed by atoms with Gasteiger partial charge in [-0.1, -0.05) is 18.2 Å². The number of carbonyl (C=O) groups excluding carboxylic acids is 2. The molecule has 2 aliphatic heterocycles. The molecule has 194 valence electrons. The van der Waals surface area contributed by atoms with Crippen LogP contribution in [0.3, 0.4) is 0 Å². The normalized spacial score (nSPS) is 17.2. The summed E-state index contributed by atoms with van der Waals surface area (Å²) < 4.78 is 11.5. The molecule has 0 bridgehead atoms. The number of aromatic nitrogens is 1. The number of hydrogen-bond donors (Lipinski definition) is 1. The minimum Gasteiger partial charge on any atom is -0.423 e. The zero-order chi connectivity index (χ0) is 25.6. The van der Waals surface area contributed by atoms with Crippen LogP contribution in [0.2, 0.25) is 0 Å². The molecule has 9 heteroatoms. The fraction of sp³-hybridized carbons (Fsp3) is 0.345. The second-order valence-electron chi connectivity index (χ2n) is 10.1. The maximum atomic E-state index is 13.8. The van der Waals surface area contributed by atoms with Gasteiger partial charge in [0.2, 0.25) is 0 Å². The van der Waals surface area contributed by atoms with Gasteiger partial charge in [0.05, 0.1) is 23.8 Å². The van der Waals surface area contributed by atoms with E-state index >= 15 is 0 Å². The van der Waals surface area contributed by atoms with Crippen molar-refractivity contribution in [2.24, 2.45) is 5.92 Å². The van der Waals surface area contributed by atoms with Crippen molar-refractivity contribution < 1.29 is 18.7 Å². The van der Waals surface area contributed by atoms with E-state index in [1.54, 1.807) is 6.07 Å². The lowest BCUT2D eigenvalue weighted by Gasteiger charge is -2.24. The molecule has 4 heterocycles. The molecule has 38 heavy (non-hydrogen) atoms. The smallest absolute Gasteiger partial charge is 0.298 e. The second kappa shape index (κ2) is 9.56. The third-order valence-electron chi connectivity index (χ3n) is 7.48. The van der Waals surface area contributed by atoms with Crippen LogP contribution in [0.5, 0.6) is 0 Å². The lowest BCUT2D eigenvalue weighted by Crippen LogP contribution is -2.36. The summed E-state index contributed by atoms with van der Waals surface area (Å²) in [6.07, 6.45) is 3.08. The molecular formula is C29H28N4O4S. The standard InChI is InChI=1S/C29H28N4O4S/c34-27(30-17-18-5-6-18)25-16-19-9-10-33(23-4-2-1-3-21(23)26(19)38-25)28(35)20-7-8-22-24(15-20)37-29(31-22)32-11-13-36-14-12-32/h1-4,7-8,15-16,18H,5-6,9-14,17H2,(H,30,34). The predicted octanol–water partition coefficient (Wildman–Crippen LogP) is 4.74. The summed E-state index contributed by atoms with van der Waals surface area (Å²) in [5.74, 6) is 0.553. The Balaban J connectivity index is 1.17. The molecule has 0 unspecified atom stereocenters. The van der Waals surface area contributed by atoms with Crippen LogP contribution in [-0.4, -0.2) is 56.2 Å². The van der Waals surface area contributed by atoms with Crippen LogP contribution in [0.15, 0.2) is 52.9 Å². The Morgan fingerprint density at radius 1 is 1.05 bits per heavy atom. The number of morpholine rings is 1. The summed E-state index contributed by atoms with van der Waals surface area (Å²) in [5.41, 5.74) is 4.83. The van der Waals surface area contributed by atoms with E-state index in [-0.39, 0.29) is 11.8 Å². The average molecular weight is 529 g/mol. The van der Waals surface area contributed by atoms with E-state index in [1.165, 1.54) is 24.2 Å². The van der Waals surface area contributed by atoms with Crippen LogP contribution in [-0.2, 0) is 11.2 Å². The van der Waals surface area contributed by atoms with Gasteiger partial charge in [0.25, 0.3) is 17.8 Å². The summed E-state index contributed by atoms with van der Waals surface area (Å²) in [4.78, 5) is 36.9. The minimum atomic E-state index is -0.0822. The molecule has 4 aromatic rings. The molecule has 2 aromatic heterocycles. The van der Waals surface area contributed by atoms with Crippen LogP contribution < -0.4 is 15.1 Å². The summed E-state index contributed by atoms with van der Waals surface area (Å²) in [5, 5.41) is 3.08. The first-order valence-corrected chi connectivity index (χ1v) is 14.0. The minimum absolute atomic E-state index is 0.00260. The maximum Gasteiger partial charge on any atom is 0.298 e. The average Bonchev–Trinajstić information content (AvgIpc) is 3.58. The SMILES string of the molecule is O=C(NCC1CC1)c1cc2c(s1)-c1ccccc1N(C(=O)c1ccc3nc(N4CCOCC4)oc3c1)CC2. The molecular weight excluding hydrogens is 500 g/mol. The van der Waals surface area contributed by atoms with Crippen molar-refractivity contribution in [3.8, 4) is 10.4 Å². The molecule has 1 N–H and O–H groups in total. The first-order chi connectivity index (χ1) is 18.6. The number of ether oxygens (including phenoxy) is 1. The highest BCUT2D eigenvalue weighted by Crippen LogP contribution is 2.42. The molecule has 0 radical (unpaired) electrons. The van der Waals surface area contributed by atoms with Gasteiger partial charge in [-0.25, -0.2) is 0 Å². The van der Waals surface area contributed by atoms with Crippen molar-refractivity contribution in [1.82, 2.24) is 10.3 Å². The van der Waals surface area contributed by atoms with Gasteiger partial charge in [0.15, 0.2) is 5.58 Å². The van der Waals surface area contributed by atoms with Crippen LogP contribution >= 0.6 is 11.3 Å². The summed E-state index contributed by atoms with van der Waals surface area (Å²) in [6.45, 7) is 4.04. The Labute approximate surface area is 224 Å². The molecule has 0 spiro atoms. The van der Waals surface area contributed by atoms with E-state index in [2.05, 4.69) is 15.2 Å². The molecule has 1 saturated carbocycles. The molecule has 2 aromatic carbocycles. The van der Waals surface area contributed by atoms with E-state index in [4.69, 9.17) is 9.15 Å². The second-order valence-corrected chi connectivity index (χ2v) is 11.2. The van der Waals surface area contributed by atoms with Crippen LogP contribution in [0.1, 0.15) is 38.4 Å². The molecule has 2 fully saturated rings. The third-order valence-corrected chi connectivity index (χ3v) is 8.69. The number of amides is 2. The number of carbonyl (C=O) groups is 2. The van der Waals surface area contributed by atoms with Gasteiger partial charge < -0.3 is 24.3 Å². The number of benzene rings is 2. The molecule has 2 amide bonds. The van der Waals surface area contributed by atoms with E-state index in [1.807, 2.05) is 47.4 Å². The zero-order valence-electron chi connectivity index (χ0n) is 20.9. The van der Waals surface area contributed by atoms with Gasteiger partial charge in [-0.05, 0) is 61.1 Å². The summed E-state index contributed by atoms with van der Waals surface area (Å²) in [7, 11) is 0. The zero-order valence-corrected chi connectivity index (χ0v) is 21.8. The fourth-order valence-corrected chi connectivity index (χ4v) is 6.32. The number of hydrogen-bond acceptors (Lipinski definition) is 7. The van der Waals surface area contributed by atoms with Crippen molar-refractivity contribution in [3.05, 3.63) is 64.5 Å². The Morgan fingerprint density at radius 3 is 2.74 bits per heavy atom. The molecule has 0 atom stereocenters. The van der Waals surface area contributed by atoms with Gasteiger partial charge in [-0.15, -0.1) is 11.3 Å². The molecule has 1 saturated heterocycles. The van der Waals surface area contributed by atoms with Gasteiger partial charge in [-0.2, -0.15) is 4.98 Å². The predicted molar refractivity (Wildman–Crippen MR) is 147 cm³/mol. The highest BCUT2D eigenvalue weighted by molar-refractivity contribution is 7.17. The van der Waals surface area contributed by atoms with Gasteiger partial charge in [0, 0.05) is 42.2 Å². The van der Waals surface area contributed by atoms with Crippen molar-refractivity contribution in [2.75, 3.05) is 49.2 Å². The number of thiophene rings is 1. The molecule has 3 aliphatic rings. The monoisotopic (exact) mass is 528 g/mol. The number of para-hydroxylation sites is 1. The van der Waals surface area contributed by atoms with Crippen LogP contribution in [0.25, 0.3) is 21.5 Å². The van der Waals surface area contributed by atoms with Gasteiger partial charge >= 0.3 is 0 Å². The van der Waals surface area contributed by atoms with Crippen molar-refractivity contribution >= 4 is 46.0 Å². The number of oxazole rings is 1. The van der Waals surface area contributed by atoms with E-state index in [0.717, 1.165) is 51.7 Å². The number of anilines is 2. The van der Waals surface area contributed by atoms with Gasteiger partial charge in [-0.3, -0.25) is 9.59 Å². The number of nitrogens with one attached hydrogen (secondary N) is 1. The molecule has 7 rings (SSSR count). The Bertz CT molecular complexity index is 1530. The largest absolute Gasteiger partial charge is 0.423 e. The highest BCUT2D eigenvalue weighted by Gasteiger charge is 2.29. The summed E-state index contributed by atoms with van der Waals surface area (Å²) in [6, 6.07) is 16.0. The topological polar surface area (TPSA) is 87.9 Å². The van der Waals surface area contributed by atoms with E-state index in [0.29, 0.717) is 49.3 Å². The lowest BCUT2D eigenvalue weighted by molar-refractivity contribution is 0.0953. The quantitative estimate of drug-likeness (QED) is 0.403. The Hall–Kier alpha value is -3.69. The molecule has 1 aliphatic carbocycles. The number of nitrogens with zero attached hydrogens (tertiary/aromatic N) is 3. The van der Waals surface area contributed by atoms with Gasteiger partial charge in [0.1, 0.15) is 5.52 Å². The van der Waals surface area contributed by atoms with Crippen LogP contribution in [0.4, 0.5) is 11.7 Å². The van der Waals surface area contributed by atoms with Crippen molar-refractivity contribution in [3.63, 3.8) is 0 Å². The molecule has 8 nitrogen and oxygen atoms in total. The third kappa shape index (κ3) is 4.35. The number of fused-ring (bicyclic) bond motifs is 4. The van der Waals surface area contributed by atoms with Crippen LogP contribution in [0, 0.1) is 5.92 Å². The fourth-order valence-electron chi connectivity index (χ4n) is 5.16. The Morgan fingerprint density at radius 2 is 1.89 bits per heavy atom. The van der Waals surface area contributed by atoms with Crippen molar-refractivity contribution in [2.45, 2.75) is 19.3 Å². The maximum absolute atomic E-state index is 13.8. The van der Waals surface area contributed by atoms with Crippen molar-refractivity contribution in [1.29, 1.82) is 0 Å². The lowest BCUT2D eigenvalue weighted by atomic mass is 10.1. The number of rotatable bonds is 5. The highest BCUT2D eigenvalue weighted by atomic mass is 32.1. The summed E-state index contributed by atoms with van der Waals surface area (Å²) >= 11 is 1.51. The van der Waals surface area contributed by atoms with E-state index < -0.39 is 0 Å². The first-order valence-electron chi connectivity index (χ1n) is 13.2. The Kier molecular flexibility index (Phi) is 5.89.